The molecule has 1 saturated heterocycles. The summed E-state index contributed by atoms with van der Waals surface area (Å²) in [5, 5.41) is 14.9. The molecule has 1 unspecified atom stereocenters. The number of aromatic nitrogens is 2. The summed E-state index contributed by atoms with van der Waals surface area (Å²) in [7, 11) is 0. The van der Waals surface area contributed by atoms with Gasteiger partial charge in [0.2, 0.25) is 5.95 Å². The van der Waals surface area contributed by atoms with E-state index < -0.39 is 0 Å². The minimum atomic E-state index is -0.368. The van der Waals surface area contributed by atoms with Gasteiger partial charge in [-0.3, -0.25) is 10.1 Å². The lowest BCUT2D eigenvalue weighted by atomic mass is 10.2. The van der Waals surface area contributed by atoms with Gasteiger partial charge in [0.05, 0.1) is 10.4 Å². The zero-order valence-corrected chi connectivity index (χ0v) is 17.9. The van der Waals surface area contributed by atoms with Crippen molar-refractivity contribution in [2.24, 2.45) is 0 Å². The van der Waals surface area contributed by atoms with Gasteiger partial charge in [-0.1, -0.05) is 6.92 Å². The van der Waals surface area contributed by atoms with E-state index >= 15 is 0 Å². The van der Waals surface area contributed by atoms with Gasteiger partial charge in [0.1, 0.15) is 4.47 Å². The van der Waals surface area contributed by atoms with Crippen molar-refractivity contribution in [1.29, 1.82) is 0 Å². The Balaban J connectivity index is 0.00000225. The molecule has 1 aromatic carbocycles. The summed E-state index contributed by atoms with van der Waals surface area (Å²) in [6.07, 6.45) is 0.923. The molecular formula is C15H20Br2ClN5O2. The summed E-state index contributed by atoms with van der Waals surface area (Å²) >= 11 is 6.75. The Bertz CT molecular complexity index is 792. The maximum atomic E-state index is 11.6. The van der Waals surface area contributed by atoms with Crippen LogP contribution in [-0.2, 0) is 0 Å². The second-order valence-electron chi connectivity index (χ2n) is 5.92. The molecule has 1 aliphatic rings. The van der Waals surface area contributed by atoms with Crippen LogP contribution in [0.4, 0.5) is 11.6 Å². The molecule has 1 aromatic heterocycles. The minimum Gasteiger partial charge on any atom is -0.340 e. The third kappa shape index (κ3) is 3.65. The maximum absolute atomic E-state index is 11.6. The van der Waals surface area contributed by atoms with Crippen LogP contribution in [0.2, 0.25) is 0 Å². The maximum Gasteiger partial charge on any atom is 0.312 e. The number of hydrogen-bond acceptors (Lipinski definition) is 5. The average molecular weight is 498 g/mol. The van der Waals surface area contributed by atoms with Crippen molar-refractivity contribution < 1.29 is 4.92 Å². The number of nitro groups is 1. The molecule has 0 saturated carbocycles. The first-order chi connectivity index (χ1) is 11.5. The van der Waals surface area contributed by atoms with Crippen LogP contribution in [0.3, 0.4) is 0 Å². The number of nitrogens with zero attached hydrogens (tertiary/aromatic N) is 4. The quantitative estimate of drug-likeness (QED) is 0.504. The van der Waals surface area contributed by atoms with Crippen LogP contribution in [0, 0.1) is 10.1 Å². The van der Waals surface area contributed by atoms with Gasteiger partial charge in [-0.25, -0.2) is 4.98 Å². The molecule has 0 spiro atoms. The van der Waals surface area contributed by atoms with E-state index in [9.17, 15) is 10.1 Å². The van der Waals surface area contributed by atoms with Crippen LogP contribution in [0.5, 0.6) is 0 Å². The molecule has 138 valence electrons. The number of piperazine rings is 1. The van der Waals surface area contributed by atoms with E-state index in [-0.39, 0.29) is 29.1 Å². The van der Waals surface area contributed by atoms with E-state index in [1.165, 1.54) is 0 Å². The van der Waals surface area contributed by atoms with Crippen LogP contribution in [0.25, 0.3) is 11.0 Å². The highest BCUT2D eigenvalue weighted by Gasteiger charge is 2.29. The summed E-state index contributed by atoms with van der Waals surface area (Å²) in [6, 6.07) is 2.12. The van der Waals surface area contributed by atoms with Gasteiger partial charge in [-0.05, 0) is 51.3 Å². The zero-order valence-electron chi connectivity index (χ0n) is 14.0. The van der Waals surface area contributed by atoms with Crippen LogP contribution < -0.4 is 10.2 Å². The lowest BCUT2D eigenvalue weighted by Crippen LogP contribution is -2.44. The second kappa shape index (κ2) is 8.20. The van der Waals surface area contributed by atoms with Gasteiger partial charge in [-0.15, -0.1) is 12.4 Å². The van der Waals surface area contributed by atoms with Crippen LogP contribution in [0.15, 0.2) is 15.0 Å². The molecule has 1 N–H and O–H groups in total. The molecule has 1 atom stereocenters. The smallest absolute Gasteiger partial charge is 0.312 e. The van der Waals surface area contributed by atoms with Crippen molar-refractivity contribution in [3.8, 4) is 0 Å². The van der Waals surface area contributed by atoms with Crippen molar-refractivity contribution >= 4 is 66.9 Å². The van der Waals surface area contributed by atoms with Crippen molar-refractivity contribution in [2.45, 2.75) is 26.3 Å². The number of anilines is 1. The van der Waals surface area contributed by atoms with Crippen LogP contribution in [-0.4, -0.2) is 40.7 Å². The van der Waals surface area contributed by atoms with Gasteiger partial charge in [0.15, 0.2) is 5.52 Å². The molecule has 1 fully saturated rings. The Labute approximate surface area is 169 Å². The monoisotopic (exact) mass is 495 g/mol. The molecule has 0 radical (unpaired) electrons. The summed E-state index contributed by atoms with van der Waals surface area (Å²) in [5.74, 6) is 0.814. The molecule has 7 nitrogen and oxygen atoms in total. The van der Waals surface area contributed by atoms with E-state index in [4.69, 9.17) is 4.98 Å². The fraction of sp³-hybridized carbons (Fsp3) is 0.533. The largest absolute Gasteiger partial charge is 0.340 e. The summed E-state index contributed by atoms with van der Waals surface area (Å²) in [4.78, 5) is 18.1. The van der Waals surface area contributed by atoms with Crippen molar-refractivity contribution in [3.05, 3.63) is 25.1 Å². The van der Waals surface area contributed by atoms with E-state index in [1.807, 2.05) is 6.07 Å². The van der Waals surface area contributed by atoms with Gasteiger partial charge in [0.25, 0.3) is 0 Å². The molecule has 1 aliphatic heterocycles. The van der Waals surface area contributed by atoms with Crippen molar-refractivity contribution in [2.75, 3.05) is 31.1 Å². The van der Waals surface area contributed by atoms with Crippen molar-refractivity contribution in [3.63, 3.8) is 0 Å². The standard InChI is InChI=1S/C15H19Br2N5O2.ClH/c1-3-9(2)21-11-8-10(16)12(17)14(22(23)24)13(11)19-15(21)20-6-4-18-5-7-20;/h8-9,18H,3-7H2,1-2H3;1H. The molecule has 0 amide bonds. The zero-order chi connectivity index (χ0) is 17.4. The third-order valence-corrected chi connectivity index (χ3v) is 6.41. The molecule has 2 heterocycles. The number of fused-ring (bicyclic) bond motifs is 1. The highest BCUT2D eigenvalue weighted by Crippen LogP contribution is 2.41. The molecule has 2 aromatic rings. The van der Waals surface area contributed by atoms with Gasteiger partial charge < -0.3 is 14.8 Å². The van der Waals surface area contributed by atoms with Gasteiger partial charge in [-0.2, -0.15) is 0 Å². The molecule has 10 heteroatoms. The number of halogens is 3. The first-order valence-corrected chi connectivity index (χ1v) is 9.54. The fourth-order valence-electron chi connectivity index (χ4n) is 3.02. The van der Waals surface area contributed by atoms with Gasteiger partial charge in [0, 0.05) is 36.7 Å². The van der Waals surface area contributed by atoms with Crippen LogP contribution >= 0.6 is 44.3 Å². The highest BCUT2D eigenvalue weighted by atomic mass is 79.9. The lowest BCUT2D eigenvalue weighted by molar-refractivity contribution is -0.384. The predicted octanol–water partition coefficient (Wildman–Crippen LogP) is 4.27. The van der Waals surface area contributed by atoms with Crippen molar-refractivity contribution in [1.82, 2.24) is 14.9 Å². The molecule has 0 bridgehead atoms. The SMILES string of the molecule is CCC(C)n1c(N2CCNCC2)nc2c([N+](=O)[O-])c(Br)c(Br)cc21.Cl. The first-order valence-electron chi connectivity index (χ1n) is 7.95. The highest BCUT2D eigenvalue weighted by molar-refractivity contribution is 9.13. The number of nitro benzene ring substituents is 1. The van der Waals surface area contributed by atoms with E-state index in [1.54, 1.807) is 0 Å². The van der Waals surface area contributed by atoms with E-state index in [0.29, 0.717) is 14.5 Å². The first kappa shape index (κ1) is 20.4. The second-order valence-corrected chi connectivity index (χ2v) is 7.57. The molecule has 3 rings (SSSR count). The number of benzene rings is 1. The molecule has 0 aliphatic carbocycles. The fourth-order valence-corrected chi connectivity index (χ4v) is 3.87. The Morgan fingerprint density at radius 3 is 2.60 bits per heavy atom. The molecule has 25 heavy (non-hydrogen) atoms. The summed E-state index contributed by atoms with van der Waals surface area (Å²) in [5.41, 5.74) is 1.24. The number of hydrogen-bond donors (Lipinski definition) is 1. The lowest BCUT2D eigenvalue weighted by Gasteiger charge is -2.30. The van der Waals surface area contributed by atoms with E-state index in [2.05, 4.69) is 60.5 Å². The summed E-state index contributed by atoms with van der Waals surface area (Å²) in [6.45, 7) is 7.69. The predicted molar refractivity (Wildman–Crippen MR) is 109 cm³/mol. The Morgan fingerprint density at radius 1 is 1.40 bits per heavy atom. The number of rotatable bonds is 4. The summed E-state index contributed by atoms with van der Waals surface area (Å²) < 4.78 is 3.23. The van der Waals surface area contributed by atoms with E-state index in [0.717, 1.165) is 44.1 Å². The number of nitrogens with one attached hydrogen (secondary N) is 1. The Morgan fingerprint density at radius 2 is 2.04 bits per heavy atom. The normalized spacial score (nSPS) is 15.9. The number of imidazole rings is 1. The third-order valence-electron chi connectivity index (χ3n) is 4.45. The topological polar surface area (TPSA) is 76.2 Å². The molecular weight excluding hydrogens is 477 g/mol. The Kier molecular flexibility index (Phi) is 6.69. The average Bonchev–Trinajstić information content (AvgIpc) is 2.94. The van der Waals surface area contributed by atoms with Gasteiger partial charge >= 0.3 is 5.69 Å². The Hall–Kier alpha value is -0.900. The van der Waals surface area contributed by atoms with Crippen LogP contribution in [0.1, 0.15) is 26.3 Å². The minimum absolute atomic E-state index is 0.